The molecule has 1 saturated heterocycles. The minimum absolute atomic E-state index is 0.0708. The summed E-state index contributed by atoms with van der Waals surface area (Å²) < 4.78 is 7.46. The lowest BCUT2D eigenvalue weighted by atomic mass is 9.95. The standard InChI is InChI=1S/C19H28N6O2/c1-14-5-6-16(27-14)13-24-10-7-15(8-11-24)12-20-19(26)17-4-2-3-9-25-18(17)21-22-23-25/h5-6,15,17H,2-4,7-13H2,1H3,(H,20,26)/t17-/m1/s1. The Morgan fingerprint density at radius 1 is 1.22 bits per heavy atom. The van der Waals surface area contributed by atoms with Crippen LogP contribution in [-0.4, -0.2) is 50.6 Å². The third-order valence-electron chi connectivity index (χ3n) is 5.75. The molecule has 1 atom stereocenters. The maximum Gasteiger partial charge on any atom is 0.230 e. The molecule has 0 radical (unpaired) electrons. The number of aryl methyl sites for hydroxylation is 2. The molecule has 0 spiro atoms. The normalized spacial score (nSPS) is 21.6. The van der Waals surface area contributed by atoms with E-state index in [4.69, 9.17) is 4.42 Å². The van der Waals surface area contributed by atoms with E-state index in [9.17, 15) is 4.79 Å². The Kier molecular flexibility index (Phi) is 5.52. The van der Waals surface area contributed by atoms with E-state index >= 15 is 0 Å². The summed E-state index contributed by atoms with van der Waals surface area (Å²) in [6, 6.07) is 4.07. The first-order chi connectivity index (χ1) is 13.2. The van der Waals surface area contributed by atoms with Gasteiger partial charge in [0.05, 0.1) is 12.5 Å². The van der Waals surface area contributed by atoms with Gasteiger partial charge in [-0.15, -0.1) is 5.10 Å². The number of likely N-dealkylation sites (tertiary alicyclic amines) is 1. The maximum atomic E-state index is 12.7. The van der Waals surface area contributed by atoms with Gasteiger partial charge in [-0.05, 0) is 74.2 Å². The van der Waals surface area contributed by atoms with E-state index in [0.717, 1.165) is 76.3 Å². The number of furan rings is 1. The second-order valence-electron chi connectivity index (χ2n) is 7.79. The molecule has 1 amide bonds. The number of hydrogen-bond donors (Lipinski definition) is 1. The van der Waals surface area contributed by atoms with Crippen molar-refractivity contribution in [3.8, 4) is 0 Å². The van der Waals surface area contributed by atoms with Crippen molar-refractivity contribution in [3.63, 3.8) is 0 Å². The van der Waals surface area contributed by atoms with E-state index in [-0.39, 0.29) is 11.8 Å². The fourth-order valence-corrected chi connectivity index (χ4v) is 4.12. The van der Waals surface area contributed by atoms with Crippen LogP contribution in [0.1, 0.15) is 55.4 Å². The molecule has 8 nitrogen and oxygen atoms in total. The van der Waals surface area contributed by atoms with Crippen molar-refractivity contribution in [1.29, 1.82) is 0 Å². The third kappa shape index (κ3) is 4.37. The number of hydrogen-bond acceptors (Lipinski definition) is 6. The lowest BCUT2D eigenvalue weighted by Crippen LogP contribution is -2.39. The number of nitrogens with one attached hydrogen (secondary N) is 1. The number of carbonyl (C=O) groups is 1. The fraction of sp³-hybridized carbons (Fsp3) is 0.684. The summed E-state index contributed by atoms with van der Waals surface area (Å²) in [6.07, 6.45) is 5.07. The summed E-state index contributed by atoms with van der Waals surface area (Å²) >= 11 is 0. The van der Waals surface area contributed by atoms with Crippen molar-refractivity contribution in [2.45, 2.75) is 58.0 Å². The van der Waals surface area contributed by atoms with Gasteiger partial charge in [0.15, 0.2) is 5.82 Å². The van der Waals surface area contributed by atoms with Gasteiger partial charge in [0.25, 0.3) is 0 Å². The van der Waals surface area contributed by atoms with Crippen LogP contribution in [0.5, 0.6) is 0 Å². The smallest absolute Gasteiger partial charge is 0.230 e. The first-order valence-electron chi connectivity index (χ1n) is 10.0. The van der Waals surface area contributed by atoms with Gasteiger partial charge in [-0.2, -0.15) is 0 Å². The van der Waals surface area contributed by atoms with Gasteiger partial charge in [-0.3, -0.25) is 9.69 Å². The van der Waals surface area contributed by atoms with E-state index in [2.05, 4.69) is 31.8 Å². The Morgan fingerprint density at radius 3 is 2.85 bits per heavy atom. The number of carbonyl (C=O) groups excluding carboxylic acids is 1. The molecule has 0 unspecified atom stereocenters. The van der Waals surface area contributed by atoms with E-state index in [1.165, 1.54) is 0 Å². The minimum atomic E-state index is -0.218. The van der Waals surface area contributed by atoms with Gasteiger partial charge in [0, 0.05) is 13.1 Å². The highest BCUT2D eigenvalue weighted by molar-refractivity contribution is 5.82. The number of fused-ring (bicyclic) bond motifs is 1. The number of amides is 1. The van der Waals surface area contributed by atoms with E-state index in [1.54, 1.807) is 4.68 Å². The van der Waals surface area contributed by atoms with Gasteiger partial charge in [0.2, 0.25) is 5.91 Å². The topological polar surface area (TPSA) is 89.1 Å². The van der Waals surface area contributed by atoms with Crippen molar-refractivity contribution in [2.24, 2.45) is 5.92 Å². The van der Waals surface area contributed by atoms with Gasteiger partial charge in [-0.1, -0.05) is 6.42 Å². The van der Waals surface area contributed by atoms with Crippen LogP contribution in [0.3, 0.4) is 0 Å². The highest BCUT2D eigenvalue weighted by atomic mass is 16.3. The quantitative estimate of drug-likeness (QED) is 0.862. The molecule has 4 heterocycles. The summed E-state index contributed by atoms with van der Waals surface area (Å²) in [7, 11) is 0. The molecule has 2 aromatic rings. The average molecular weight is 372 g/mol. The second kappa shape index (κ2) is 8.21. The summed E-state index contributed by atoms with van der Waals surface area (Å²) in [4.78, 5) is 15.1. The van der Waals surface area contributed by atoms with Crippen LogP contribution >= 0.6 is 0 Å². The zero-order chi connectivity index (χ0) is 18.6. The summed E-state index contributed by atoms with van der Waals surface area (Å²) in [6.45, 7) is 6.48. The fourth-order valence-electron chi connectivity index (χ4n) is 4.12. The molecule has 8 heteroatoms. The number of piperidine rings is 1. The molecule has 2 aliphatic heterocycles. The molecule has 2 aromatic heterocycles. The Balaban J connectivity index is 1.24. The number of tetrazole rings is 1. The van der Waals surface area contributed by atoms with Crippen LogP contribution in [0, 0.1) is 12.8 Å². The van der Waals surface area contributed by atoms with Crippen molar-refractivity contribution >= 4 is 5.91 Å². The predicted octanol–water partition coefficient (Wildman–Crippen LogP) is 1.87. The van der Waals surface area contributed by atoms with Crippen molar-refractivity contribution in [3.05, 3.63) is 29.5 Å². The molecule has 0 bridgehead atoms. The van der Waals surface area contributed by atoms with Gasteiger partial charge < -0.3 is 9.73 Å². The number of rotatable bonds is 5. The monoisotopic (exact) mass is 372 g/mol. The predicted molar refractivity (Wildman–Crippen MR) is 98.9 cm³/mol. The van der Waals surface area contributed by atoms with E-state index < -0.39 is 0 Å². The SMILES string of the molecule is Cc1ccc(CN2CCC(CNC(=O)[C@@H]3CCCCn4nnnc43)CC2)o1. The Hall–Kier alpha value is -2.22. The van der Waals surface area contributed by atoms with Gasteiger partial charge >= 0.3 is 0 Å². The Bertz CT molecular complexity index is 762. The van der Waals surface area contributed by atoms with Gasteiger partial charge in [0.1, 0.15) is 11.5 Å². The zero-order valence-corrected chi connectivity index (χ0v) is 15.9. The zero-order valence-electron chi connectivity index (χ0n) is 15.9. The summed E-state index contributed by atoms with van der Waals surface area (Å²) in [5.74, 6) is 3.10. The minimum Gasteiger partial charge on any atom is -0.465 e. The molecule has 2 aliphatic rings. The van der Waals surface area contributed by atoms with Crippen LogP contribution in [-0.2, 0) is 17.9 Å². The Labute approximate surface area is 159 Å². The van der Waals surface area contributed by atoms with Crippen LogP contribution in [0.15, 0.2) is 16.5 Å². The summed E-state index contributed by atoms with van der Waals surface area (Å²) in [5, 5.41) is 15.0. The van der Waals surface area contributed by atoms with Crippen LogP contribution in [0.25, 0.3) is 0 Å². The molecule has 27 heavy (non-hydrogen) atoms. The average Bonchev–Trinajstić information content (AvgIpc) is 3.25. The highest BCUT2D eigenvalue weighted by Gasteiger charge is 2.29. The molecular weight excluding hydrogens is 344 g/mol. The molecule has 146 valence electrons. The molecule has 0 saturated carbocycles. The molecule has 4 rings (SSSR count). The maximum absolute atomic E-state index is 12.7. The number of aromatic nitrogens is 4. The van der Waals surface area contributed by atoms with Crippen LogP contribution in [0.2, 0.25) is 0 Å². The number of nitrogens with zero attached hydrogens (tertiary/aromatic N) is 5. The van der Waals surface area contributed by atoms with Crippen molar-refractivity contribution in [1.82, 2.24) is 30.4 Å². The lowest BCUT2D eigenvalue weighted by molar-refractivity contribution is -0.123. The molecule has 1 N–H and O–H groups in total. The lowest BCUT2D eigenvalue weighted by Gasteiger charge is -2.31. The summed E-state index contributed by atoms with van der Waals surface area (Å²) in [5.41, 5.74) is 0. The first-order valence-corrected chi connectivity index (χ1v) is 10.0. The Morgan fingerprint density at radius 2 is 2.07 bits per heavy atom. The highest BCUT2D eigenvalue weighted by Crippen LogP contribution is 2.25. The molecular formula is C19H28N6O2. The van der Waals surface area contributed by atoms with Crippen molar-refractivity contribution in [2.75, 3.05) is 19.6 Å². The van der Waals surface area contributed by atoms with Crippen LogP contribution in [0.4, 0.5) is 0 Å². The largest absolute Gasteiger partial charge is 0.465 e. The molecule has 1 fully saturated rings. The van der Waals surface area contributed by atoms with E-state index in [0.29, 0.717) is 11.7 Å². The molecule has 0 aliphatic carbocycles. The van der Waals surface area contributed by atoms with E-state index in [1.807, 2.05) is 13.0 Å². The second-order valence-corrected chi connectivity index (χ2v) is 7.79. The van der Waals surface area contributed by atoms with Crippen LogP contribution < -0.4 is 5.32 Å². The first kappa shape index (κ1) is 18.2. The third-order valence-corrected chi connectivity index (χ3v) is 5.75. The van der Waals surface area contributed by atoms with Crippen molar-refractivity contribution < 1.29 is 9.21 Å². The molecule has 0 aromatic carbocycles. The van der Waals surface area contributed by atoms with Gasteiger partial charge in [-0.25, -0.2) is 4.68 Å².